The number of anilines is 1. The van der Waals surface area contributed by atoms with Crippen LogP contribution in [0.2, 0.25) is 5.02 Å². The molecule has 0 amide bonds. The number of hydrogen-bond donors (Lipinski definition) is 1. The molecule has 2 aromatic rings. The van der Waals surface area contributed by atoms with Crippen molar-refractivity contribution in [1.29, 1.82) is 0 Å². The molecule has 2 aromatic carbocycles. The molecule has 0 aliphatic heterocycles. The molecule has 2 rings (SSSR count). The summed E-state index contributed by atoms with van der Waals surface area (Å²) in [5.74, 6) is -0.479. The first kappa shape index (κ1) is 15.7. The van der Waals surface area contributed by atoms with Crippen molar-refractivity contribution in [2.45, 2.75) is 13.5 Å². The zero-order valence-electron chi connectivity index (χ0n) is 11.0. The third kappa shape index (κ3) is 3.71. The third-order valence-corrected chi connectivity index (χ3v) is 3.90. The molecular formula is C14H11BrClFN2O2. The summed E-state index contributed by atoms with van der Waals surface area (Å²) in [6.07, 6.45) is 0. The summed E-state index contributed by atoms with van der Waals surface area (Å²) in [6, 6.07) is 7.54. The molecule has 0 radical (unpaired) electrons. The number of nitro benzene ring substituents is 1. The van der Waals surface area contributed by atoms with E-state index < -0.39 is 10.7 Å². The van der Waals surface area contributed by atoms with Crippen LogP contribution in [-0.2, 0) is 6.54 Å². The molecule has 4 nitrogen and oxygen atoms in total. The summed E-state index contributed by atoms with van der Waals surface area (Å²) >= 11 is 9.07. The maximum Gasteiger partial charge on any atom is 0.274 e. The minimum atomic E-state index is -0.479. The zero-order valence-corrected chi connectivity index (χ0v) is 13.3. The van der Waals surface area contributed by atoms with Gasteiger partial charge in [0.25, 0.3) is 5.69 Å². The number of benzene rings is 2. The van der Waals surface area contributed by atoms with Gasteiger partial charge in [-0.1, -0.05) is 17.7 Å². The largest absolute Gasteiger partial charge is 0.380 e. The topological polar surface area (TPSA) is 55.2 Å². The molecule has 0 unspecified atom stereocenters. The maximum atomic E-state index is 13.1. The molecular weight excluding hydrogens is 363 g/mol. The Labute approximate surface area is 134 Å². The van der Waals surface area contributed by atoms with E-state index in [2.05, 4.69) is 21.2 Å². The van der Waals surface area contributed by atoms with Gasteiger partial charge in [0.05, 0.1) is 15.6 Å². The van der Waals surface area contributed by atoms with Gasteiger partial charge in [0.2, 0.25) is 0 Å². The van der Waals surface area contributed by atoms with Gasteiger partial charge in [-0.05, 0) is 46.6 Å². The second-order valence-corrected chi connectivity index (χ2v) is 5.74. The first-order chi connectivity index (χ1) is 9.88. The van der Waals surface area contributed by atoms with Crippen LogP contribution in [0.4, 0.5) is 15.8 Å². The highest BCUT2D eigenvalue weighted by Gasteiger charge is 2.14. The number of nitrogens with one attached hydrogen (secondary N) is 1. The van der Waals surface area contributed by atoms with Gasteiger partial charge in [-0.15, -0.1) is 0 Å². The first-order valence-corrected chi connectivity index (χ1v) is 7.18. The Morgan fingerprint density at radius 3 is 2.71 bits per heavy atom. The minimum Gasteiger partial charge on any atom is -0.380 e. The second kappa shape index (κ2) is 6.41. The number of halogens is 3. The lowest BCUT2D eigenvalue weighted by Crippen LogP contribution is -2.02. The Morgan fingerprint density at radius 2 is 2.10 bits per heavy atom. The number of rotatable bonds is 4. The van der Waals surface area contributed by atoms with E-state index >= 15 is 0 Å². The van der Waals surface area contributed by atoms with Crippen LogP contribution >= 0.6 is 27.5 Å². The normalized spacial score (nSPS) is 10.5. The average molecular weight is 374 g/mol. The van der Waals surface area contributed by atoms with E-state index in [1.165, 1.54) is 18.2 Å². The van der Waals surface area contributed by atoms with Crippen molar-refractivity contribution in [1.82, 2.24) is 0 Å². The third-order valence-electron chi connectivity index (χ3n) is 2.95. The van der Waals surface area contributed by atoms with E-state index in [9.17, 15) is 14.5 Å². The summed E-state index contributed by atoms with van der Waals surface area (Å²) in [5, 5.41) is 14.1. The van der Waals surface area contributed by atoms with Crippen LogP contribution < -0.4 is 5.32 Å². The highest BCUT2D eigenvalue weighted by Crippen LogP contribution is 2.31. The molecule has 1 N–H and O–H groups in total. The standard InChI is InChI=1S/C14H11BrClFN2O2/c1-8-4-10(15)13(6-14(8)19(20)21)18-7-9-2-3-12(17)11(16)5-9/h2-6,18H,7H2,1H3. The summed E-state index contributed by atoms with van der Waals surface area (Å²) < 4.78 is 13.8. The smallest absolute Gasteiger partial charge is 0.274 e. The van der Waals surface area contributed by atoms with Crippen LogP contribution in [0, 0.1) is 22.9 Å². The van der Waals surface area contributed by atoms with Gasteiger partial charge in [-0.3, -0.25) is 10.1 Å². The Bertz CT molecular complexity index is 710. The SMILES string of the molecule is Cc1cc(Br)c(NCc2ccc(F)c(Cl)c2)cc1[N+](=O)[O-]. The van der Waals surface area contributed by atoms with Gasteiger partial charge in [0.1, 0.15) is 5.82 Å². The molecule has 7 heteroatoms. The van der Waals surface area contributed by atoms with E-state index in [1.54, 1.807) is 19.1 Å². The van der Waals surface area contributed by atoms with Crippen LogP contribution in [0.1, 0.15) is 11.1 Å². The number of nitrogens with zero attached hydrogens (tertiary/aromatic N) is 1. The molecule has 0 fully saturated rings. The summed E-state index contributed by atoms with van der Waals surface area (Å²) in [6.45, 7) is 2.05. The van der Waals surface area contributed by atoms with Crippen LogP contribution in [0.3, 0.4) is 0 Å². The van der Waals surface area contributed by atoms with Gasteiger partial charge < -0.3 is 5.32 Å². The van der Waals surface area contributed by atoms with Crippen molar-refractivity contribution in [2.75, 3.05) is 5.32 Å². The predicted octanol–water partition coefficient (Wildman–Crippen LogP) is 5.07. The lowest BCUT2D eigenvalue weighted by atomic mass is 10.1. The van der Waals surface area contributed by atoms with Gasteiger partial charge >= 0.3 is 0 Å². The van der Waals surface area contributed by atoms with E-state index in [0.29, 0.717) is 17.8 Å². The second-order valence-electron chi connectivity index (χ2n) is 4.48. The van der Waals surface area contributed by atoms with Crippen LogP contribution in [0.5, 0.6) is 0 Å². The van der Waals surface area contributed by atoms with Crippen molar-refractivity contribution in [3.63, 3.8) is 0 Å². The fourth-order valence-electron chi connectivity index (χ4n) is 1.84. The summed E-state index contributed by atoms with van der Waals surface area (Å²) in [7, 11) is 0. The molecule has 0 spiro atoms. The molecule has 0 aromatic heterocycles. The lowest BCUT2D eigenvalue weighted by molar-refractivity contribution is -0.385. The van der Waals surface area contributed by atoms with Gasteiger partial charge in [0.15, 0.2) is 0 Å². The van der Waals surface area contributed by atoms with Crippen molar-refractivity contribution in [3.05, 3.63) is 66.9 Å². The van der Waals surface area contributed by atoms with E-state index in [-0.39, 0.29) is 10.7 Å². The average Bonchev–Trinajstić information content (AvgIpc) is 2.41. The van der Waals surface area contributed by atoms with Crippen LogP contribution in [-0.4, -0.2) is 4.92 Å². The van der Waals surface area contributed by atoms with Gasteiger partial charge in [-0.25, -0.2) is 4.39 Å². The monoisotopic (exact) mass is 372 g/mol. The van der Waals surface area contributed by atoms with Crippen molar-refractivity contribution >= 4 is 38.9 Å². The Hall–Kier alpha value is -1.66. The number of nitro groups is 1. The molecule has 0 aliphatic carbocycles. The van der Waals surface area contributed by atoms with Crippen LogP contribution in [0.25, 0.3) is 0 Å². The molecule has 21 heavy (non-hydrogen) atoms. The highest BCUT2D eigenvalue weighted by molar-refractivity contribution is 9.10. The molecule has 0 aliphatic rings. The minimum absolute atomic E-state index is 0.0397. The zero-order chi connectivity index (χ0) is 15.6. The van der Waals surface area contributed by atoms with Crippen molar-refractivity contribution in [3.8, 4) is 0 Å². The molecule has 110 valence electrons. The van der Waals surface area contributed by atoms with E-state index in [1.807, 2.05) is 0 Å². The molecule has 0 atom stereocenters. The van der Waals surface area contributed by atoms with E-state index in [4.69, 9.17) is 11.6 Å². The van der Waals surface area contributed by atoms with Crippen molar-refractivity contribution < 1.29 is 9.31 Å². The lowest BCUT2D eigenvalue weighted by Gasteiger charge is -2.10. The van der Waals surface area contributed by atoms with Crippen LogP contribution in [0.15, 0.2) is 34.8 Å². The number of hydrogen-bond acceptors (Lipinski definition) is 3. The fourth-order valence-corrected chi connectivity index (χ4v) is 2.64. The van der Waals surface area contributed by atoms with Gasteiger partial charge in [-0.2, -0.15) is 0 Å². The summed E-state index contributed by atoms with van der Waals surface area (Å²) in [4.78, 5) is 10.5. The molecule has 0 heterocycles. The highest BCUT2D eigenvalue weighted by atomic mass is 79.9. The van der Waals surface area contributed by atoms with E-state index in [0.717, 1.165) is 10.0 Å². The molecule has 0 saturated heterocycles. The fraction of sp³-hybridized carbons (Fsp3) is 0.143. The van der Waals surface area contributed by atoms with Gasteiger partial charge in [0, 0.05) is 22.6 Å². The quantitative estimate of drug-likeness (QED) is 0.601. The van der Waals surface area contributed by atoms with Crippen molar-refractivity contribution in [2.24, 2.45) is 0 Å². The molecule has 0 saturated carbocycles. The number of aryl methyl sites for hydroxylation is 1. The Morgan fingerprint density at radius 1 is 1.38 bits per heavy atom. The Balaban J connectivity index is 2.21. The molecule has 0 bridgehead atoms. The maximum absolute atomic E-state index is 13.1. The summed E-state index contributed by atoms with van der Waals surface area (Å²) in [5.41, 5.74) is 1.98. The first-order valence-electron chi connectivity index (χ1n) is 6.01. The Kier molecular flexibility index (Phi) is 4.80. The predicted molar refractivity (Wildman–Crippen MR) is 84.3 cm³/mol.